The van der Waals surface area contributed by atoms with Gasteiger partial charge in [-0.25, -0.2) is 0 Å². The predicted molar refractivity (Wildman–Crippen MR) is 48.8 cm³/mol. The van der Waals surface area contributed by atoms with E-state index in [2.05, 4.69) is 0 Å². The van der Waals surface area contributed by atoms with Gasteiger partial charge in [-0.3, -0.25) is 9.59 Å². The van der Waals surface area contributed by atoms with E-state index in [4.69, 9.17) is 5.73 Å². The Bertz CT molecular complexity index is 240. The Hall–Kier alpha value is -0.900. The lowest BCUT2D eigenvalue weighted by Crippen LogP contribution is -2.45. The fraction of sp³-hybridized carbons (Fsp3) is 0.778. The number of nitrogens with two attached hydrogens (primary N) is 1. The van der Waals surface area contributed by atoms with Gasteiger partial charge in [0.1, 0.15) is 6.54 Å². The van der Waals surface area contributed by atoms with Gasteiger partial charge in [0.2, 0.25) is 5.91 Å². The number of rotatable bonds is 3. The topological polar surface area (TPSA) is 60.2 Å². The summed E-state index contributed by atoms with van der Waals surface area (Å²) < 4.78 is 0.670. The maximum atomic E-state index is 10.9. The van der Waals surface area contributed by atoms with E-state index in [1.54, 1.807) is 6.92 Å². The molecule has 1 fully saturated rings. The Morgan fingerprint density at radius 2 is 2.15 bits per heavy atom. The van der Waals surface area contributed by atoms with Crippen LogP contribution < -0.4 is 5.73 Å². The highest BCUT2D eigenvalue weighted by atomic mass is 16.1. The number of likely N-dealkylation sites (tertiary alicyclic amines) is 1. The van der Waals surface area contributed by atoms with Crippen molar-refractivity contribution in [2.75, 3.05) is 26.7 Å². The number of primary amides is 1. The molecule has 0 aromatic carbocycles. The second-order valence-electron chi connectivity index (χ2n) is 4.27. The predicted octanol–water partition coefficient (Wildman–Crippen LogP) is -0.473. The molecule has 0 aromatic rings. The van der Waals surface area contributed by atoms with Gasteiger partial charge in [0.15, 0.2) is 5.78 Å². The number of carbonyl (C=O) groups excluding carboxylic acids is 2. The standard InChI is InChI=1S/C9H16N2O2/c1-7(12)5-11(2)4-3-8(6-11)9(10)13/h8H,3-6H2,1-2H3,(H-,10,13)/p+1. The Kier molecular flexibility index (Phi) is 2.71. The third-order valence-electron chi connectivity index (χ3n) is 2.69. The average Bonchev–Trinajstić information content (AvgIpc) is 2.29. The van der Waals surface area contributed by atoms with E-state index < -0.39 is 0 Å². The smallest absolute Gasteiger partial charge is 0.226 e. The van der Waals surface area contributed by atoms with E-state index in [1.165, 1.54) is 0 Å². The number of nitrogens with zero attached hydrogens (tertiary/aromatic N) is 1. The zero-order valence-corrected chi connectivity index (χ0v) is 8.25. The van der Waals surface area contributed by atoms with Gasteiger partial charge >= 0.3 is 0 Å². The lowest BCUT2D eigenvalue weighted by Gasteiger charge is -2.27. The molecule has 2 N–H and O–H groups in total. The summed E-state index contributed by atoms with van der Waals surface area (Å²) in [6, 6.07) is 0. The van der Waals surface area contributed by atoms with Crippen molar-refractivity contribution in [1.29, 1.82) is 0 Å². The summed E-state index contributed by atoms with van der Waals surface area (Å²) in [6.07, 6.45) is 0.819. The molecule has 74 valence electrons. The number of quaternary nitrogens is 1. The van der Waals surface area contributed by atoms with Crippen molar-refractivity contribution < 1.29 is 14.1 Å². The van der Waals surface area contributed by atoms with E-state index in [0.29, 0.717) is 11.0 Å². The van der Waals surface area contributed by atoms with E-state index in [0.717, 1.165) is 19.5 Å². The summed E-state index contributed by atoms with van der Waals surface area (Å²) in [5.74, 6) is -0.0950. The highest BCUT2D eigenvalue weighted by Gasteiger charge is 2.37. The van der Waals surface area contributed by atoms with Crippen LogP contribution in [-0.2, 0) is 9.59 Å². The summed E-state index contributed by atoms with van der Waals surface area (Å²) in [7, 11) is 2.00. The van der Waals surface area contributed by atoms with Crippen LogP contribution in [0.4, 0.5) is 0 Å². The highest BCUT2D eigenvalue weighted by Crippen LogP contribution is 2.21. The van der Waals surface area contributed by atoms with Crippen LogP contribution in [-0.4, -0.2) is 42.9 Å². The fourth-order valence-electron chi connectivity index (χ4n) is 2.10. The normalized spacial score (nSPS) is 33.2. The minimum Gasteiger partial charge on any atom is -0.369 e. The largest absolute Gasteiger partial charge is 0.369 e. The Morgan fingerprint density at radius 1 is 1.54 bits per heavy atom. The quantitative estimate of drug-likeness (QED) is 0.604. The first kappa shape index (κ1) is 10.2. The first-order valence-corrected chi connectivity index (χ1v) is 4.55. The monoisotopic (exact) mass is 185 g/mol. The molecule has 0 aliphatic carbocycles. The SMILES string of the molecule is CC(=O)C[N+]1(C)CCC(C(N)=O)C1. The highest BCUT2D eigenvalue weighted by molar-refractivity contribution is 5.78. The molecular formula is C9H17N2O2+. The Labute approximate surface area is 78.3 Å². The first-order chi connectivity index (χ1) is 5.93. The van der Waals surface area contributed by atoms with Crippen molar-refractivity contribution >= 4 is 11.7 Å². The molecule has 0 radical (unpaired) electrons. The number of hydrogen-bond donors (Lipinski definition) is 1. The molecule has 1 heterocycles. The van der Waals surface area contributed by atoms with Crippen molar-refractivity contribution in [3.63, 3.8) is 0 Å². The summed E-state index contributed by atoms with van der Waals surface area (Å²) >= 11 is 0. The molecule has 1 rings (SSSR count). The Balaban J connectivity index is 2.56. The Morgan fingerprint density at radius 3 is 2.54 bits per heavy atom. The summed E-state index contributed by atoms with van der Waals surface area (Å²) in [5.41, 5.74) is 5.22. The maximum Gasteiger partial charge on any atom is 0.226 e. The van der Waals surface area contributed by atoms with Crippen LogP contribution in [0, 0.1) is 5.92 Å². The van der Waals surface area contributed by atoms with Gasteiger partial charge in [-0.05, 0) is 0 Å². The number of amides is 1. The zero-order chi connectivity index (χ0) is 10.1. The molecule has 0 spiro atoms. The average molecular weight is 185 g/mol. The lowest BCUT2D eigenvalue weighted by atomic mass is 10.1. The van der Waals surface area contributed by atoms with Crippen LogP contribution >= 0.6 is 0 Å². The van der Waals surface area contributed by atoms with Gasteiger partial charge in [0.05, 0.1) is 26.1 Å². The van der Waals surface area contributed by atoms with Crippen LogP contribution in [0.15, 0.2) is 0 Å². The molecule has 1 saturated heterocycles. The lowest BCUT2D eigenvalue weighted by molar-refractivity contribution is -0.890. The van der Waals surface area contributed by atoms with E-state index >= 15 is 0 Å². The van der Waals surface area contributed by atoms with E-state index in [1.807, 2.05) is 7.05 Å². The number of Topliss-reactive ketones (excluding diaryl/α,β-unsaturated/α-hetero) is 1. The minimum atomic E-state index is -0.231. The van der Waals surface area contributed by atoms with Crippen molar-refractivity contribution in [3.8, 4) is 0 Å². The molecule has 0 saturated carbocycles. The molecule has 0 bridgehead atoms. The zero-order valence-electron chi connectivity index (χ0n) is 8.25. The molecule has 0 aromatic heterocycles. The number of ketones is 1. The van der Waals surface area contributed by atoms with E-state index in [-0.39, 0.29) is 17.6 Å². The summed E-state index contributed by atoms with van der Waals surface area (Å²) in [4.78, 5) is 21.9. The molecule has 2 atom stereocenters. The molecule has 13 heavy (non-hydrogen) atoms. The van der Waals surface area contributed by atoms with Crippen LogP contribution in [0.2, 0.25) is 0 Å². The number of hydrogen-bond acceptors (Lipinski definition) is 2. The van der Waals surface area contributed by atoms with Crippen LogP contribution in [0.3, 0.4) is 0 Å². The molecular weight excluding hydrogens is 168 g/mol. The number of likely N-dealkylation sites (N-methyl/N-ethyl adjacent to an activating group) is 1. The van der Waals surface area contributed by atoms with Gasteiger partial charge < -0.3 is 10.2 Å². The van der Waals surface area contributed by atoms with Gasteiger partial charge in [0.25, 0.3) is 0 Å². The molecule has 4 nitrogen and oxygen atoms in total. The summed E-state index contributed by atoms with van der Waals surface area (Å²) in [6.45, 7) is 3.70. The summed E-state index contributed by atoms with van der Waals surface area (Å²) in [5, 5.41) is 0. The van der Waals surface area contributed by atoms with Crippen molar-refractivity contribution in [2.45, 2.75) is 13.3 Å². The van der Waals surface area contributed by atoms with Crippen molar-refractivity contribution in [1.82, 2.24) is 0 Å². The van der Waals surface area contributed by atoms with Crippen molar-refractivity contribution in [2.24, 2.45) is 11.7 Å². The van der Waals surface area contributed by atoms with Crippen LogP contribution in [0.1, 0.15) is 13.3 Å². The van der Waals surface area contributed by atoms with E-state index in [9.17, 15) is 9.59 Å². The van der Waals surface area contributed by atoms with Gasteiger partial charge in [-0.15, -0.1) is 0 Å². The number of carbonyl (C=O) groups is 2. The fourth-order valence-corrected chi connectivity index (χ4v) is 2.10. The molecule has 2 unspecified atom stereocenters. The maximum absolute atomic E-state index is 10.9. The van der Waals surface area contributed by atoms with Crippen LogP contribution in [0.5, 0.6) is 0 Å². The van der Waals surface area contributed by atoms with Gasteiger partial charge in [-0.2, -0.15) is 0 Å². The van der Waals surface area contributed by atoms with Crippen LogP contribution in [0.25, 0.3) is 0 Å². The molecule has 1 aliphatic rings. The van der Waals surface area contributed by atoms with Gasteiger partial charge in [0, 0.05) is 13.3 Å². The molecule has 1 aliphatic heterocycles. The second kappa shape index (κ2) is 3.46. The third kappa shape index (κ3) is 2.52. The first-order valence-electron chi connectivity index (χ1n) is 4.55. The van der Waals surface area contributed by atoms with Crippen molar-refractivity contribution in [3.05, 3.63) is 0 Å². The molecule has 1 amide bonds. The molecule has 4 heteroatoms. The third-order valence-corrected chi connectivity index (χ3v) is 2.69. The minimum absolute atomic E-state index is 0.0376. The van der Waals surface area contributed by atoms with Gasteiger partial charge in [-0.1, -0.05) is 0 Å². The second-order valence-corrected chi connectivity index (χ2v) is 4.27.